The van der Waals surface area contributed by atoms with Gasteiger partial charge >= 0.3 is 0 Å². The molecule has 0 aromatic heterocycles. The summed E-state index contributed by atoms with van der Waals surface area (Å²) in [7, 11) is -1.55. The summed E-state index contributed by atoms with van der Waals surface area (Å²) in [5.74, 6) is 0.910. The van der Waals surface area contributed by atoms with Crippen molar-refractivity contribution in [3.05, 3.63) is 54.1 Å². The molecule has 0 aliphatic carbocycles. The number of amides is 1. The number of carbonyl (C=O) groups is 1. The number of benzene rings is 2. The minimum Gasteiger partial charge on any atom is -0.497 e. The molecular formula is C22H27N3O4S. The third-order valence-electron chi connectivity index (χ3n) is 5.78. The summed E-state index contributed by atoms with van der Waals surface area (Å²) in [4.78, 5) is 14.9. The highest BCUT2D eigenvalue weighted by molar-refractivity contribution is 7.93. The molecular weight excluding hydrogens is 402 g/mol. The third kappa shape index (κ3) is 4.38. The summed E-state index contributed by atoms with van der Waals surface area (Å²) in [6.07, 6.45) is 2.39. The first-order chi connectivity index (χ1) is 14.5. The van der Waals surface area contributed by atoms with E-state index in [4.69, 9.17) is 4.74 Å². The highest BCUT2D eigenvalue weighted by Gasteiger charge is 2.28. The average Bonchev–Trinajstić information content (AvgIpc) is 3.13. The number of sulfonamides is 1. The smallest absolute Gasteiger partial charge is 0.251 e. The van der Waals surface area contributed by atoms with Crippen molar-refractivity contribution >= 4 is 27.3 Å². The molecule has 2 heterocycles. The molecule has 0 bridgehead atoms. The van der Waals surface area contributed by atoms with E-state index < -0.39 is 10.0 Å². The Morgan fingerprint density at radius 1 is 0.967 bits per heavy atom. The van der Waals surface area contributed by atoms with Gasteiger partial charge in [-0.15, -0.1) is 0 Å². The molecule has 2 fully saturated rings. The molecule has 2 saturated heterocycles. The lowest BCUT2D eigenvalue weighted by Crippen LogP contribution is -2.44. The lowest BCUT2D eigenvalue weighted by atomic mass is 10.0. The zero-order chi connectivity index (χ0) is 21.1. The largest absolute Gasteiger partial charge is 0.497 e. The molecule has 2 aromatic rings. The number of carbonyl (C=O) groups excluding carboxylic acids is 1. The fraction of sp³-hybridized carbons (Fsp3) is 0.409. The predicted octanol–water partition coefficient (Wildman–Crippen LogP) is 2.63. The van der Waals surface area contributed by atoms with Crippen molar-refractivity contribution in [1.29, 1.82) is 0 Å². The van der Waals surface area contributed by atoms with Gasteiger partial charge in [0.25, 0.3) is 5.91 Å². The molecule has 2 aromatic carbocycles. The second-order valence-electron chi connectivity index (χ2n) is 7.72. The quantitative estimate of drug-likeness (QED) is 0.791. The number of ether oxygens (including phenoxy) is 1. The average molecular weight is 430 g/mol. The van der Waals surface area contributed by atoms with Crippen LogP contribution < -0.4 is 19.3 Å². The molecule has 0 spiro atoms. The molecule has 1 N–H and O–H groups in total. The molecule has 0 unspecified atom stereocenters. The Labute approximate surface area is 177 Å². The Bertz CT molecular complexity index is 982. The van der Waals surface area contributed by atoms with Crippen molar-refractivity contribution in [3.63, 3.8) is 0 Å². The van der Waals surface area contributed by atoms with Gasteiger partial charge in [-0.2, -0.15) is 0 Å². The number of nitrogens with zero attached hydrogens (tertiary/aromatic N) is 2. The maximum absolute atomic E-state index is 12.6. The molecule has 1 amide bonds. The fourth-order valence-corrected chi connectivity index (χ4v) is 5.62. The number of hydrogen-bond donors (Lipinski definition) is 1. The number of rotatable bonds is 5. The third-order valence-corrected chi connectivity index (χ3v) is 7.65. The van der Waals surface area contributed by atoms with Gasteiger partial charge in [0.05, 0.1) is 18.6 Å². The summed E-state index contributed by atoms with van der Waals surface area (Å²) in [6.45, 7) is 2.26. The molecule has 7 nitrogen and oxygen atoms in total. The van der Waals surface area contributed by atoms with Gasteiger partial charge in [0.15, 0.2) is 0 Å². The first kappa shape index (κ1) is 20.5. The van der Waals surface area contributed by atoms with Gasteiger partial charge in [-0.1, -0.05) is 0 Å². The monoisotopic (exact) mass is 429 g/mol. The van der Waals surface area contributed by atoms with E-state index >= 15 is 0 Å². The number of methoxy groups -OCH3 is 1. The van der Waals surface area contributed by atoms with Crippen molar-refractivity contribution in [3.8, 4) is 5.75 Å². The van der Waals surface area contributed by atoms with E-state index in [1.165, 1.54) is 4.31 Å². The van der Waals surface area contributed by atoms with Crippen LogP contribution in [0.4, 0.5) is 11.4 Å². The first-order valence-electron chi connectivity index (χ1n) is 10.3. The van der Waals surface area contributed by atoms with E-state index in [0.29, 0.717) is 24.2 Å². The van der Waals surface area contributed by atoms with Crippen LogP contribution in [0.25, 0.3) is 0 Å². The summed E-state index contributed by atoms with van der Waals surface area (Å²) in [5, 5.41) is 3.11. The van der Waals surface area contributed by atoms with Gasteiger partial charge in [-0.3, -0.25) is 9.10 Å². The molecule has 2 aliphatic heterocycles. The molecule has 0 radical (unpaired) electrons. The van der Waals surface area contributed by atoms with E-state index in [2.05, 4.69) is 22.3 Å². The van der Waals surface area contributed by atoms with Gasteiger partial charge in [0.1, 0.15) is 5.75 Å². The maximum atomic E-state index is 12.6. The van der Waals surface area contributed by atoms with Gasteiger partial charge in [0.2, 0.25) is 10.0 Å². The second kappa shape index (κ2) is 8.55. The molecule has 0 saturated carbocycles. The van der Waals surface area contributed by atoms with E-state index in [1.54, 1.807) is 31.4 Å². The molecule has 0 atom stereocenters. The van der Waals surface area contributed by atoms with Gasteiger partial charge in [-0.25, -0.2) is 8.42 Å². The Balaban J connectivity index is 1.31. The highest BCUT2D eigenvalue weighted by Crippen LogP contribution is 2.25. The minimum atomic E-state index is -3.21. The normalized spacial score (nSPS) is 19.0. The van der Waals surface area contributed by atoms with Crippen LogP contribution in [-0.4, -0.2) is 52.9 Å². The Hall–Kier alpha value is -2.74. The van der Waals surface area contributed by atoms with E-state index in [9.17, 15) is 13.2 Å². The Morgan fingerprint density at radius 3 is 2.17 bits per heavy atom. The van der Waals surface area contributed by atoms with Gasteiger partial charge in [-0.05, 0) is 67.8 Å². The van der Waals surface area contributed by atoms with E-state index in [-0.39, 0.29) is 17.7 Å². The van der Waals surface area contributed by atoms with Crippen LogP contribution in [0.3, 0.4) is 0 Å². The lowest BCUT2D eigenvalue weighted by Gasteiger charge is -2.34. The van der Waals surface area contributed by atoms with E-state index in [0.717, 1.165) is 37.4 Å². The Kier molecular flexibility index (Phi) is 5.85. The van der Waals surface area contributed by atoms with Crippen LogP contribution in [0.5, 0.6) is 5.75 Å². The Morgan fingerprint density at radius 2 is 1.60 bits per heavy atom. The first-order valence-corrected chi connectivity index (χ1v) is 11.9. The lowest BCUT2D eigenvalue weighted by molar-refractivity contribution is 0.0931. The number of hydrogen-bond acceptors (Lipinski definition) is 5. The standard InChI is InChI=1S/C22H27N3O4S/c1-29-21-9-7-19(8-10-21)24-14-11-18(12-15-24)23-22(26)17-3-5-20(6-4-17)25-13-2-16-30(25,27)28/h3-10,18H,2,11-16H2,1H3,(H,23,26). The summed E-state index contributed by atoms with van der Waals surface area (Å²) < 4.78 is 30.7. The second-order valence-corrected chi connectivity index (χ2v) is 9.73. The predicted molar refractivity (Wildman–Crippen MR) is 118 cm³/mol. The fourth-order valence-electron chi connectivity index (χ4n) is 4.05. The van der Waals surface area contributed by atoms with Crippen LogP contribution in [0.15, 0.2) is 48.5 Å². The zero-order valence-electron chi connectivity index (χ0n) is 17.1. The van der Waals surface area contributed by atoms with Crippen molar-refractivity contribution in [2.45, 2.75) is 25.3 Å². The van der Waals surface area contributed by atoms with Crippen LogP contribution >= 0.6 is 0 Å². The summed E-state index contributed by atoms with van der Waals surface area (Å²) in [6, 6.07) is 15.0. The van der Waals surface area contributed by atoms with Crippen LogP contribution in [0.2, 0.25) is 0 Å². The molecule has 2 aliphatic rings. The molecule has 4 rings (SSSR count). The van der Waals surface area contributed by atoms with Gasteiger partial charge < -0.3 is 15.0 Å². The zero-order valence-corrected chi connectivity index (χ0v) is 17.9. The topological polar surface area (TPSA) is 79.0 Å². The number of nitrogens with one attached hydrogen (secondary N) is 1. The molecule has 8 heteroatoms. The van der Waals surface area contributed by atoms with E-state index in [1.807, 2.05) is 12.1 Å². The number of piperidine rings is 1. The van der Waals surface area contributed by atoms with Gasteiger partial charge in [0, 0.05) is 36.9 Å². The maximum Gasteiger partial charge on any atom is 0.251 e. The molecule has 160 valence electrons. The summed E-state index contributed by atoms with van der Waals surface area (Å²) >= 11 is 0. The van der Waals surface area contributed by atoms with Crippen LogP contribution in [0.1, 0.15) is 29.6 Å². The van der Waals surface area contributed by atoms with Crippen molar-refractivity contribution in [2.75, 3.05) is 41.7 Å². The SMILES string of the molecule is COc1ccc(N2CCC(NC(=O)c3ccc(N4CCCS4(=O)=O)cc3)CC2)cc1. The van der Waals surface area contributed by atoms with Crippen LogP contribution in [-0.2, 0) is 10.0 Å². The molecule has 30 heavy (non-hydrogen) atoms. The summed E-state index contributed by atoms with van der Waals surface area (Å²) in [5.41, 5.74) is 2.33. The van der Waals surface area contributed by atoms with Crippen molar-refractivity contribution < 1.29 is 17.9 Å². The van der Waals surface area contributed by atoms with Crippen LogP contribution in [0, 0.1) is 0 Å². The minimum absolute atomic E-state index is 0.117. The number of anilines is 2. The van der Waals surface area contributed by atoms with Crippen molar-refractivity contribution in [1.82, 2.24) is 5.32 Å². The van der Waals surface area contributed by atoms with Crippen molar-refractivity contribution in [2.24, 2.45) is 0 Å². The highest BCUT2D eigenvalue weighted by atomic mass is 32.2.